The summed E-state index contributed by atoms with van der Waals surface area (Å²) in [7, 11) is -6.54. The molecule has 4 nitrogen and oxygen atoms in total. The van der Waals surface area contributed by atoms with Gasteiger partial charge in [-0.15, -0.1) is 0 Å². The molecule has 0 aliphatic heterocycles. The van der Waals surface area contributed by atoms with Crippen molar-refractivity contribution < 1.29 is 48.2 Å². The second-order valence-corrected chi connectivity index (χ2v) is 8.50. The fraction of sp³-hybridized carbons (Fsp3) is 0.600. The van der Waals surface area contributed by atoms with E-state index in [2.05, 4.69) is 26.3 Å². The Morgan fingerprint density at radius 2 is 1.03 bits per heavy atom. The van der Waals surface area contributed by atoms with Crippen LogP contribution in [0.4, 0.5) is 30.7 Å². The predicted octanol–water partition coefficient (Wildman–Crippen LogP) is 5.82. The summed E-state index contributed by atoms with van der Waals surface area (Å²) in [5.41, 5.74) is 0. The predicted molar refractivity (Wildman–Crippen MR) is 109 cm³/mol. The fourth-order valence-corrected chi connectivity index (χ4v) is 3.19. The van der Waals surface area contributed by atoms with E-state index in [1.54, 1.807) is 0 Å². The van der Waals surface area contributed by atoms with Gasteiger partial charge in [0.15, 0.2) is 10.1 Å². The Morgan fingerprint density at radius 1 is 0.688 bits per heavy atom. The minimum Gasteiger partial charge on any atom is -0.743 e. The van der Waals surface area contributed by atoms with Gasteiger partial charge >= 0.3 is 17.4 Å². The summed E-state index contributed by atoms with van der Waals surface area (Å²) in [5.74, 6) is -5.11. The minimum absolute atomic E-state index is 0.440. The fourth-order valence-electron chi connectivity index (χ4n) is 2.72. The number of nitrogens with zero attached hydrogens (tertiary/aromatic N) is 1. The highest BCUT2D eigenvalue weighted by atomic mass is 32.2. The molecule has 0 rings (SSSR count). The summed E-state index contributed by atoms with van der Waals surface area (Å²) in [6, 6.07) is 0. The Hall–Kier alpha value is -1.66. The molecule has 188 valence electrons. The molecule has 0 spiro atoms. The second kappa shape index (κ2) is 13.8. The maximum Gasteiger partial charge on any atom is 0.396 e. The number of halogens is 7. The molecule has 0 aromatic heterocycles. The van der Waals surface area contributed by atoms with Crippen LogP contribution in [0.15, 0.2) is 50.6 Å². The summed E-state index contributed by atoms with van der Waals surface area (Å²) < 4.78 is 117. The molecule has 0 bridgehead atoms. The zero-order valence-corrected chi connectivity index (χ0v) is 18.5. The molecule has 0 aromatic carbocycles. The Bertz CT molecular complexity index is 659. The maximum absolute atomic E-state index is 12.8. The van der Waals surface area contributed by atoms with Crippen molar-refractivity contribution in [3.63, 3.8) is 0 Å². The number of rotatable bonds is 15. The summed E-state index contributed by atoms with van der Waals surface area (Å²) >= 11 is 0. The Morgan fingerprint density at radius 3 is 1.31 bits per heavy atom. The number of quaternary nitrogens is 1. The van der Waals surface area contributed by atoms with Crippen molar-refractivity contribution >= 4 is 10.1 Å². The first kappa shape index (κ1) is 32.5. The quantitative estimate of drug-likeness (QED) is 0.0942. The molecule has 0 N–H and O–H groups in total. The summed E-state index contributed by atoms with van der Waals surface area (Å²) in [6.07, 6.45) is -1.40. The van der Waals surface area contributed by atoms with Gasteiger partial charge in [-0.3, -0.25) is 0 Å². The van der Waals surface area contributed by atoms with E-state index in [4.69, 9.17) is 0 Å². The third-order valence-electron chi connectivity index (χ3n) is 4.26. The SMILES string of the molecule is C=CC[N+](CC=C)(CC=C)CC=C.O=S(=O)([O-])C(F)(F)C(F)(F)CCCCCC(F)(F)F. The smallest absolute Gasteiger partial charge is 0.396 e. The van der Waals surface area contributed by atoms with Gasteiger partial charge in [-0.1, -0.05) is 32.7 Å². The zero-order valence-electron chi connectivity index (χ0n) is 17.7. The third-order valence-corrected chi connectivity index (χ3v) is 5.18. The number of hydrogen-bond donors (Lipinski definition) is 0. The normalized spacial score (nSPS) is 13.0. The second-order valence-electron chi connectivity index (χ2n) is 7.08. The van der Waals surface area contributed by atoms with E-state index < -0.39 is 59.6 Å². The van der Waals surface area contributed by atoms with Crippen LogP contribution >= 0.6 is 0 Å². The highest BCUT2D eigenvalue weighted by Gasteiger charge is 2.60. The Balaban J connectivity index is 0. The molecular formula is C20H30F7NO3S. The van der Waals surface area contributed by atoms with Crippen LogP contribution in [0.25, 0.3) is 0 Å². The molecule has 12 heteroatoms. The standard InChI is InChI=1S/C12H20N.C8H11F7O3S/c1-5-9-13(10-6-2,11-7-3)12-8-4;9-6(10,8(14,15)19(16,17)18)4-2-1-3-5-7(11,12)13/h5-8H,1-4,9-12H2;1-5H2,(H,16,17,18)/q+1;/p-1. The zero-order chi connectivity index (χ0) is 25.7. The van der Waals surface area contributed by atoms with Crippen molar-refractivity contribution in [2.45, 2.75) is 49.5 Å². The molecule has 0 atom stereocenters. The molecule has 0 radical (unpaired) electrons. The Labute approximate surface area is 185 Å². The van der Waals surface area contributed by atoms with E-state index in [1.165, 1.54) is 0 Å². The largest absolute Gasteiger partial charge is 0.743 e. The lowest BCUT2D eigenvalue weighted by molar-refractivity contribution is -0.906. The van der Waals surface area contributed by atoms with Crippen molar-refractivity contribution in [1.29, 1.82) is 0 Å². The lowest BCUT2D eigenvalue weighted by Gasteiger charge is -2.35. The van der Waals surface area contributed by atoms with Crippen LogP contribution in [0.1, 0.15) is 32.1 Å². The minimum atomic E-state index is -6.54. The topological polar surface area (TPSA) is 57.2 Å². The van der Waals surface area contributed by atoms with E-state index in [0.717, 1.165) is 30.7 Å². The molecule has 0 amide bonds. The van der Waals surface area contributed by atoms with E-state index in [0.29, 0.717) is 0 Å². The Kier molecular flexibility index (Phi) is 14.0. The number of alkyl halides is 7. The van der Waals surface area contributed by atoms with Crippen LogP contribution in [0.2, 0.25) is 0 Å². The average molecular weight is 498 g/mol. The van der Waals surface area contributed by atoms with Crippen molar-refractivity contribution in [1.82, 2.24) is 0 Å². The van der Waals surface area contributed by atoms with Gasteiger partial charge in [-0.25, -0.2) is 8.42 Å². The van der Waals surface area contributed by atoms with Gasteiger partial charge in [-0.05, 0) is 37.1 Å². The van der Waals surface area contributed by atoms with Crippen LogP contribution in [-0.2, 0) is 10.1 Å². The van der Waals surface area contributed by atoms with Crippen molar-refractivity contribution in [3.05, 3.63) is 50.6 Å². The molecule has 32 heavy (non-hydrogen) atoms. The van der Waals surface area contributed by atoms with Crippen molar-refractivity contribution in [2.24, 2.45) is 0 Å². The van der Waals surface area contributed by atoms with Gasteiger partial charge in [0.2, 0.25) is 0 Å². The first-order chi connectivity index (χ1) is 14.4. The van der Waals surface area contributed by atoms with Gasteiger partial charge in [-0.2, -0.15) is 30.7 Å². The maximum atomic E-state index is 12.8. The summed E-state index contributed by atoms with van der Waals surface area (Å²) in [5, 5.41) is -5.77. The molecule has 0 saturated carbocycles. The van der Waals surface area contributed by atoms with E-state index in [9.17, 15) is 43.7 Å². The molecule has 0 heterocycles. The number of unbranched alkanes of at least 4 members (excludes halogenated alkanes) is 2. The molecule has 0 aliphatic carbocycles. The van der Waals surface area contributed by atoms with Gasteiger partial charge in [0, 0.05) is 12.8 Å². The van der Waals surface area contributed by atoms with Gasteiger partial charge in [0.25, 0.3) is 0 Å². The summed E-state index contributed by atoms with van der Waals surface area (Å²) in [6.45, 7) is 18.8. The van der Waals surface area contributed by atoms with Crippen LogP contribution in [0, 0.1) is 0 Å². The molecule has 0 unspecified atom stereocenters. The monoisotopic (exact) mass is 497 g/mol. The van der Waals surface area contributed by atoms with E-state index in [-0.39, 0.29) is 0 Å². The molecule has 0 aliphatic rings. The van der Waals surface area contributed by atoms with Crippen molar-refractivity contribution in [3.8, 4) is 0 Å². The van der Waals surface area contributed by atoms with Crippen molar-refractivity contribution in [2.75, 3.05) is 26.2 Å². The highest BCUT2D eigenvalue weighted by Crippen LogP contribution is 2.41. The first-order valence-corrected chi connectivity index (χ1v) is 10.9. The number of hydrogen-bond acceptors (Lipinski definition) is 3. The molecule has 0 aromatic rings. The first-order valence-electron chi connectivity index (χ1n) is 9.52. The highest BCUT2D eigenvalue weighted by molar-refractivity contribution is 7.86. The molecule has 0 fully saturated rings. The van der Waals surface area contributed by atoms with Gasteiger partial charge in [0.1, 0.15) is 0 Å². The van der Waals surface area contributed by atoms with Gasteiger partial charge < -0.3 is 9.04 Å². The van der Waals surface area contributed by atoms with E-state index >= 15 is 0 Å². The summed E-state index contributed by atoms with van der Waals surface area (Å²) in [4.78, 5) is 0. The van der Waals surface area contributed by atoms with Crippen LogP contribution in [0.5, 0.6) is 0 Å². The van der Waals surface area contributed by atoms with Crippen LogP contribution in [-0.4, -0.2) is 61.0 Å². The van der Waals surface area contributed by atoms with Gasteiger partial charge in [0.05, 0.1) is 26.2 Å². The van der Waals surface area contributed by atoms with Crippen LogP contribution < -0.4 is 0 Å². The average Bonchev–Trinajstić information content (AvgIpc) is 2.60. The molecular weight excluding hydrogens is 467 g/mol. The lowest BCUT2D eigenvalue weighted by atomic mass is 10.1. The van der Waals surface area contributed by atoms with E-state index in [1.807, 2.05) is 24.3 Å². The third kappa shape index (κ3) is 11.8. The van der Waals surface area contributed by atoms with Crippen LogP contribution in [0.3, 0.4) is 0 Å². The molecule has 0 saturated heterocycles. The lowest BCUT2D eigenvalue weighted by Crippen LogP contribution is -2.48.